The van der Waals surface area contributed by atoms with Crippen LogP contribution in [0.25, 0.3) is 10.8 Å². The van der Waals surface area contributed by atoms with E-state index in [0.717, 1.165) is 26.2 Å². The number of hydrogen-bond donors (Lipinski definition) is 1. The Labute approximate surface area is 155 Å². The number of fused-ring (bicyclic) bond motifs is 1. The van der Waals surface area contributed by atoms with Gasteiger partial charge in [-0.2, -0.15) is 0 Å². The minimum atomic E-state index is 0.210. The summed E-state index contributed by atoms with van der Waals surface area (Å²) in [5.74, 6) is 0. The van der Waals surface area contributed by atoms with Crippen LogP contribution in [0.15, 0.2) is 72.8 Å². The Kier molecular flexibility index (Phi) is 5.19. The lowest BCUT2D eigenvalue weighted by Crippen LogP contribution is -2.47. The molecule has 3 aromatic rings. The lowest BCUT2D eigenvalue weighted by Gasteiger charge is -2.35. The van der Waals surface area contributed by atoms with E-state index in [9.17, 15) is 0 Å². The number of para-hydroxylation sites is 1. The summed E-state index contributed by atoms with van der Waals surface area (Å²) in [6.45, 7) is 5.76. The van der Waals surface area contributed by atoms with Crippen molar-refractivity contribution in [3.05, 3.63) is 78.4 Å². The van der Waals surface area contributed by atoms with Crippen molar-refractivity contribution < 1.29 is 4.74 Å². The van der Waals surface area contributed by atoms with Crippen LogP contribution in [0.3, 0.4) is 0 Å². The first-order valence-corrected chi connectivity index (χ1v) is 9.44. The largest absolute Gasteiger partial charge is 0.373 e. The summed E-state index contributed by atoms with van der Waals surface area (Å²) in [6.07, 6.45) is 0.210. The van der Waals surface area contributed by atoms with E-state index in [4.69, 9.17) is 4.74 Å². The summed E-state index contributed by atoms with van der Waals surface area (Å²) in [7, 11) is 0. The average Bonchev–Trinajstić information content (AvgIpc) is 2.72. The van der Waals surface area contributed by atoms with E-state index in [0.29, 0.717) is 0 Å². The molecule has 4 rings (SSSR count). The van der Waals surface area contributed by atoms with Crippen molar-refractivity contribution in [2.75, 3.05) is 31.1 Å². The molecule has 134 valence electrons. The Morgan fingerprint density at radius 2 is 1.77 bits per heavy atom. The van der Waals surface area contributed by atoms with Crippen LogP contribution in [-0.4, -0.2) is 32.3 Å². The fraction of sp³-hybridized carbons (Fsp3) is 0.304. The molecule has 1 fully saturated rings. The minimum absolute atomic E-state index is 0.210. The van der Waals surface area contributed by atoms with E-state index in [-0.39, 0.29) is 12.1 Å². The van der Waals surface area contributed by atoms with Crippen molar-refractivity contribution in [2.24, 2.45) is 0 Å². The molecule has 3 nitrogen and oxygen atoms in total. The third-order valence-electron chi connectivity index (χ3n) is 5.20. The maximum atomic E-state index is 6.00. The maximum Gasteiger partial charge on any atom is 0.0875 e. The Balaban J connectivity index is 1.40. The molecule has 1 saturated heterocycles. The zero-order valence-corrected chi connectivity index (χ0v) is 15.3. The van der Waals surface area contributed by atoms with Crippen LogP contribution in [0.2, 0.25) is 0 Å². The normalized spacial score (nSPS) is 18.8. The molecule has 0 radical (unpaired) electrons. The topological polar surface area (TPSA) is 24.5 Å². The molecule has 0 saturated carbocycles. The molecule has 1 N–H and O–H groups in total. The number of hydrogen-bond acceptors (Lipinski definition) is 3. The summed E-state index contributed by atoms with van der Waals surface area (Å²) in [5.41, 5.74) is 2.63. The van der Waals surface area contributed by atoms with Crippen LogP contribution in [0, 0.1) is 0 Å². The van der Waals surface area contributed by atoms with E-state index >= 15 is 0 Å². The first kappa shape index (κ1) is 17.1. The van der Waals surface area contributed by atoms with E-state index in [1.54, 1.807) is 0 Å². The van der Waals surface area contributed by atoms with Gasteiger partial charge in [0.1, 0.15) is 0 Å². The summed E-state index contributed by atoms with van der Waals surface area (Å²) in [4.78, 5) is 2.42. The molecule has 0 amide bonds. The van der Waals surface area contributed by atoms with Crippen LogP contribution >= 0.6 is 0 Å². The van der Waals surface area contributed by atoms with Crippen LogP contribution in [0.5, 0.6) is 0 Å². The Morgan fingerprint density at radius 3 is 2.65 bits per heavy atom. The van der Waals surface area contributed by atoms with Gasteiger partial charge in [-0.25, -0.2) is 0 Å². The third kappa shape index (κ3) is 3.74. The Morgan fingerprint density at radius 1 is 1.00 bits per heavy atom. The summed E-state index contributed by atoms with van der Waals surface area (Å²) >= 11 is 0. The van der Waals surface area contributed by atoms with Gasteiger partial charge in [0.2, 0.25) is 0 Å². The van der Waals surface area contributed by atoms with Gasteiger partial charge in [0.05, 0.1) is 12.7 Å². The molecule has 0 aromatic heterocycles. The molecule has 0 bridgehead atoms. The van der Waals surface area contributed by atoms with Crippen LogP contribution in [0.4, 0.5) is 5.69 Å². The second-order valence-corrected chi connectivity index (χ2v) is 6.97. The van der Waals surface area contributed by atoms with Gasteiger partial charge in [-0.15, -0.1) is 0 Å². The zero-order chi connectivity index (χ0) is 17.8. The zero-order valence-electron chi connectivity index (χ0n) is 15.3. The number of nitrogens with one attached hydrogen (secondary N) is 1. The highest BCUT2D eigenvalue weighted by Crippen LogP contribution is 2.24. The molecule has 1 aliphatic heterocycles. The SMILES string of the molecule is C[C@@H](NCC1CN(c2ccccc2)CCO1)c1cccc2ccccc12. The fourth-order valence-electron chi connectivity index (χ4n) is 3.76. The predicted octanol–water partition coefficient (Wildman–Crippen LogP) is 4.40. The smallest absolute Gasteiger partial charge is 0.0875 e. The highest BCUT2D eigenvalue weighted by Gasteiger charge is 2.21. The van der Waals surface area contributed by atoms with Gasteiger partial charge < -0.3 is 15.0 Å². The first-order valence-electron chi connectivity index (χ1n) is 9.44. The van der Waals surface area contributed by atoms with Gasteiger partial charge in [-0.05, 0) is 35.4 Å². The second kappa shape index (κ2) is 7.90. The average molecular weight is 346 g/mol. The molecule has 1 unspecified atom stereocenters. The standard InChI is InChI=1S/C23H26N2O/c1-18(22-13-7-9-19-8-5-6-12-23(19)22)24-16-21-17-25(14-15-26-21)20-10-3-2-4-11-20/h2-13,18,21,24H,14-17H2,1H3/t18-,21?/m1/s1. The summed E-state index contributed by atoms with van der Waals surface area (Å²) < 4.78 is 6.00. The monoisotopic (exact) mass is 346 g/mol. The third-order valence-corrected chi connectivity index (χ3v) is 5.20. The molecule has 2 atom stereocenters. The lowest BCUT2D eigenvalue weighted by molar-refractivity contribution is 0.0395. The van der Waals surface area contributed by atoms with Crippen LogP contribution < -0.4 is 10.2 Å². The van der Waals surface area contributed by atoms with Crippen molar-refractivity contribution in [3.8, 4) is 0 Å². The molecular weight excluding hydrogens is 320 g/mol. The van der Waals surface area contributed by atoms with Gasteiger partial charge in [0, 0.05) is 31.4 Å². The van der Waals surface area contributed by atoms with Crippen molar-refractivity contribution in [1.29, 1.82) is 0 Å². The lowest BCUT2D eigenvalue weighted by atomic mass is 9.99. The van der Waals surface area contributed by atoms with Gasteiger partial charge in [0.25, 0.3) is 0 Å². The number of morpholine rings is 1. The highest BCUT2D eigenvalue weighted by atomic mass is 16.5. The summed E-state index contributed by atoms with van der Waals surface area (Å²) in [5, 5.41) is 6.30. The molecule has 0 aliphatic carbocycles. The molecule has 0 spiro atoms. The fourth-order valence-corrected chi connectivity index (χ4v) is 3.76. The molecule has 1 heterocycles. The Hall–Kier alpha value is -2.36. The number of ether oxygens (including phenoxy) is 1. The van der Waals surface area contributed by atoms with Crippen molar-refractivity contribution >= 4 is 16.5 Å². The van der Waals surface area contributed by atoms with Gasteiger partial charge in [-0.1, -0.05) is 60.7 Å². The van der Waals surface area contributed by atoms with E-state index < -0.39 is 0 Å². The van der Waals surface area contributed by atoms with E-state index in [1.165, 1.54) is 22.0 Å². The number of anilines is 1. The van der Waals surface area contributed by atoms with Gasteiger partial charge in [-0.3, -0.25) is 0 Å². The van der Waals surface area contributed by atoms with E-state index in [1.807, 2.05) is 0 Å². The number of nitrogens with zero attached hydrogens (tertiary/aromatic N) is 1. The summed E-state index contributed by atoms with van der Waals surface area (Å²) in [6, 6.07) is 26.0. The highest BCUT2D eigenvalue weighted by molar-refractivity contribution is 5.86. The van der Waals surface area contributed by atoms with Crippen LogP contribution in [-0.2, 0) is 4.74 Å². The molecule has 1 aliphatic rings. The van der Waals surface area contributed by atoms with Gasteiger partial charge >= 0.3 is 0 Å². The number of benzene rings is 3. The first-order chi connectivity index (χ1) is 12.8. The maximum absolute atomic E-state index is 6.00. The van der Waals surface area contributed by atoms with Crippen molar-refractivity contribution in [3.63, 3.8) is 0 Å². The molecule has 3 aromatic carbocycles. The minimum Gasteiger partial charge on any atom is -0.373 e. The molecule has 26 heavy (non-hydrogen) atoms. The number of rotatable bonds is 5. The second-order valence-electron chi connectivity index (χ2n) is 6.97. The molecule has 3 heteroatoms. The van der Waals surface area contributed by atoms with Crippen molar-refractivity contribution in [2.45, 2.75) is 19.1 Å². The quantitative estimate of drug-likeness (QED) is 0.741. The predicted molar refractivity (Wildman–Crippen MR) is 109 cm³/mol. The molecular formula is C23H26N2O. The van der Waals surface area contributed by atoms with E-state index in [2.05, 4.69) is 89.9 Å². The van der Waals surface area contributed by atoms with Crippen LogP contribution in [0.1, 0.15) is 18.5 Å². The Bertz CT molecular complexity index is 844. The van der Waals surface area contributed by atoms with Crippen molar-refractivity contribution in [1.82, 2.24) is 5.32 Å². The van der Waals surface area contributed by atoms with Gasteiger partial charge in [0.15, 0.2) is 0 Å².